The molecule has 0 spiro atoms. The van der Waals surface area contributed by atoms with Crippen molar-refractivity contribution in [2.24, 2.45) is 0 Å². The molecule has 0 saturated heterocycles. The number of amides is 1. The van der Waals surface area contributed by atoms with Crippen molar-refractivity contribution < 1.29 is 14.7 Å². The Morgan fingerprint density at radius 3 is 2.55 bits per heavy atom. The van der Waals surface area contributed by atoms with Gasteiger partial charge in [-0.15, -0.1) is 0 Å². The molecule has 1 aromatic heterocycles. The number of carbonyl (C=O) groups is 2. The number of anilines is 1. The topological polar surface area (TPSA) is 79.3 Å². The Morgan fingerprint density at radius 2 is 2.00 bits per heavy atom. The number of nitrogens with one attached hydrogen (secondary N) is 1. The number of aromatic nitrogens is 1. The van der Waals surface area contributed by atoms with Gasteiger partial charge in [-0.1, -0.05) is 27.5 Å². The molecule has 0 aliphatic rings. The van der Waals surface area contributed by atoms with Gasteiger partial charge in [-0.2, -0.15) is 0 Å². The second-order valence-electron chi connectivity index (χ2n) is 3.82. The molecule has 0 aliphatic heterocycles. The summed E-state index contributed by atoms with van der Waals surface area (Å²) in [6.45, 7) is 0. The molecule has 2 aromatic rings. The van der Waals surface area contributed by atoms with Gasteiger partial charge >= 0.3 is 5.97 Å². The lowest BCUT2D eigenvalue weighted by molar-refractivity contribution is 0.0690. The molecular weight excluding hydrogens is 348 g/mol. The number of carboxylic acids is 1. The lowest BCUT2D eigenvalue weighted by atomic mass is 10.2. The van der Waals surface area contributed by atoms with Gasteiger partial charge in [-0.3, -0.25) is 4.79 Å². The lowest BCUT2D eigenvalue weighted by Gasteiger charge is -2.07. The smallest absolute Gasteiger partial charge is 0.354 e. The summed E-state index contributed by atoms with van der Waals surface area (Å²) in [6.07, 6.45) is 1.20. The fourth-order valence-electron chi connectivity index (χ4n) is 1.44. The minimum atomic E-state index is -1.15. The summed E-state index contributed by atoms with van der Waals surface area (Å²) >= 11 is 9.26. The van der Waals surface area contributed by atoms with Gasteiger partial charge in [0.1, 0.15) is 5.69 Å². The summed E-state index contributed by atoms with van der Waals surface area (Å²) in [7, 11) is 0. The van der Waals surface area contributed by atoms with Crippen molar-refractivity contribution in [3.05, 3.63) is 57.3 Å². The molecular formula is C13H8BrClN2O3. The molecule has 0 atom stereocenters. The number of rotatable bonds is 3. The van der Waals surface area contributed by atoms with Gasteiger partial charge in [-0.25, -0.2) is 9.78 Å². The molecule has 1 aromatic carbocycles. The first-order valence-electron chi connectivity index (χ1n) is 5.43. The van der Waals surface area contributed by atoms with E-state index in [4.69, 9.17) is 16.7 Å². The van der Waals surface area contributed by atoms with Crippen molar-refractivity contribution in [2.75, 3.05) is 5.32 Å². The molecule has 7 heteroatoms. The second-order valence-corrected chi connectivity index (χ2v) is 5.14. The summed E-state index contributed by atoms with van der Waals surface area (Å²) in [5.41, 5.74) is 0.583. The highest BCUT2D eigenvalue weighted by Gasteiger charge is 2.11. The molecule has 2 rings (SSSR count). The van der Waals surface area contributed by atoms with Crippen LogP contribution in [0.25, 0.3) is 0 Å². The minimum absolute atomic E-state index is 0.122. The Kier molecular flexibility index (Phi) is 4.36. The first-order valence-corrected chi connectivity index (χ1v) is 6.60. The second kappa shape index (κ2) is 6.02. The minimum Gasteiger partial charge on any atom is -0.477 e. The molecule has 1 amide bonds. The molecule has 0 unspecified atom stereocenters. The van der Waals surface area contributed by atoms with Crippen LogP contribution in [0.4, 0.5) is 5.69 Å². The fraction of sp³-hybridized carbons (Fsp3) is 0. The molecule has 5 nitrogen and oxygen atoms in total. The van der Waals surface area contributed by atoms with E-state index in [0.29, 0.717) is 10.7 Å². The zero-order chi connectivity index (χ0) is 14.7. The van der Waals surface area contributed by atoms with Gasteiger partial charge in [0, 0.05) is 10.7 Å². The molecule has 20 heavy (non-hydrogen) atoms. The summed E-state index contributed by atoms with van der Waals surface area (Å²) in [6, 6.07) is 7.71. The number of hydrogen-bond acceptors (Lipinski definition) is 3. The maximum absolute atomic E-state index is 12.0. The zero-order valence-corrected chi connectivity index (χ0v) is 12.3. The molecule has 0 saturated carbocycles. The average Bonchev–Trinajstić information content (AvgIpc) is 2.42. The fourth-order valence-corrected chi connectivity index (χ4v) is 2.16. The van der Waals surface area contributed by atoms with Crippen LogP contribution >= 0.6 is 27.5 Å². The van der Waals surface area contributed by atoms with E-state index in [9.17, 15) is 9.59 Å². The van der Waals surface area contributed by atoms with E-state index in [-0.39, 0.29) is 11.3 Å². The van der Waals surface area contributed by atoms with E-state index < -0.39 is 11.9 Å². The number of carbonyl (C=O) groups excluding carboxylic acids is 1. The number of hydrogen-bond donors (Lipinski definition) is 2. The van der Waals surface area contributed by atoms with Gasteiger partial charge in [0.2, 0.25) is 0 Å². The van der Waals surface area contributed by atoms with Gasteiger partial charge in [0.05, 0.1) is 16.3 Å². The highest BCUT2D eigenvalue weighted by Crippen LogP contribution is 2.26. The summed E-state index contributed by atoms with van der Waals surface area (Å²) < 4.78 is 0.799. The number of halogens is 2. The van der Waals surface area contributed by atoms with E-state index in [1.165, 1.54) is 18.3 Å². The van der Waals surface area contributed by atoms with Gasteiger partial charge < -0.3 is 10.4 Å². The van der Waals surface area contributed by atoms with Crippen LogP contribution in [-0.4, -0.2) is 22.0 Å². The maximum atomic E-state index is 12.0. The molecule has 0 fully saturated rings. The third-order valence-electron chi connectivity index (χ3n) is 2.42. The van der Waals surface area contributed by atoms with Crippen molar-refractivity contribution in [1.82, 2.24) is 4.98 Å². The number of pyridine rings is 1. The van der Waals surface area contributed by atoms with Crippen molar-refractivity contribution in [3.8, 4) is 0 Å². The Labute approximate surface area is 127 Å². The normalized spacial score (nSPS) is 10.1. The SMILES string of the molecule is O=C(Nc1ccc(Br)cc1Cl)c1ccc(C(=O)O)nc1. The van der Waals surface area contributed by atoms with E-state index in [0.717, 1.165) is 4.47 Å². The van der Waals surface area contributed by atoms with Crippen molar-refractivity contribution in [1.29, 1.82) is 0 Å². The number of aromatic carboxylic acids is 1. The first kappa shape index (κ1) is 14.5. The van der Waals surface area contributed by atoms with E-state index in [2.05, 4.69) is 26.2 Å². The molecule has 102 valence electrons. The molecule has 0 radical (unpaired) electrons. The monoisotopic (exact) mass is 354 g/mol. The van der Waals surface area contributed by atoms with Crippen LogP contribution in [0.2, 0.25) is 5.02 Å². The van der Waals surface area contributed by atoms with Crippen LogP contribution in [-0.2, 0) is 0 Å². The molecule has 0 aliphatic carbocycles. The summed E-state index contributed by atoms with van der Waals surface area (Å²) in [4.78, 5) is 26.3. The van der Waals surface area contributed by atoms with Crippen LogP contribution in [0.15, 0.2) is 41.0 Å². The number of carboxylic acid groups (broad SMARTS) is 1. The Balaban J connectivity index is 2.17. The third kappa shape index (κ3) is 3.34. The summed E-state index contributed by atoms with van der Waals surface area (Å²) in [5, 5.41) is 11.7. The van der Waals surface area contributed by atoms with Crippen molar-refractivity contribution in [3.63, 3.8) is 0 Å². The van der Waals surface area contributed by atoms with E-state index in [1.54, 1.807) is 18.2 Å². The average molecular weight is 356 g/mol. The number of nitrogens with zero attached hydrogens (tertiary/aromatic N) is 1. The molecule has 0 bridgehead atoms. The number of benzene rings is 1. The quantitative estimate of drug-likeness (QED) is 0.884. The van der Waals surface area contributed by atoms with E-state index in [1.807, 2.05) is 0 Å². The van der Waals surface area contributed by atoms with Gasteiger partial charge in [0.25, 0.3) is 5.91 Å². The maximum Gasteiger partial charge on any atom is 0.354 e. The van der Waals surface area contributed by atoms with Gasteiger partial charge in [0.15, 0.2) is 0 Å². The Morgan fingerprint density at radius 1 is 1.25 bits per heavy atom. The third-order valence-corrected chi connectivity index (χ3v) is 3.23. The Hall–Kier alpha value is -1.92. The van der Waals surface area contributed by atoms with Crippen LogP contribution < -0.4 is 5.32 Å². The predicted molar refractivity (Wildman–Crippen MR) is 78.3 cm³/mol. The van der Waals surface area contributed by atoms with Crippen molar-refractivity contribution in [2.45, 2.75) is 0 Å². The van der Waals surface area contributed by atoms with Crippen LogP contribution in [0.1, 0.15) is 20.8 Å². The van der Waals surface area contributed by atoms with Gasteiger partial charge in [-0.05, 0) is 30.3 Å². The predicted octanol–water partition coefficient (Wildman–Crippen LogP) is 3.45. The Bertz CT molecular complexity index is 674. The van der Waals surface area contributed by atoms with Crippen LogP contribution in [0.3, 0.4) is 0 Å². The highest BCUT2D eigenvalue weighted by molar-refractivity contribution is 9.10. The summed E-state index contributed by atoms with van der Waals surface area (Å²) in [5.74, 6) is -1.56. The first-order chi connectivity index (χ1) is 9.47. The highest BCUT2D eigenvalue weighted by atomic mass is 79.9. The van der Waals surface area contributed by atoms with Crippen LogP contribution in [0, 0.1) is 0 Å². The van der Waals surface area contributed by atoms with Crippen molar-refractivity contribution >= 4 is 45.1 Å². The molecule has 1 heterocycles. The molecule has 2 N–H and O–H groups in total. The zero-order valence-electron chi connectivity index (χ0n) is 9.93. The van der Waals surface area contributed by atoms with E-state index >= 15 is 0 Å². The lowest BCUT2D eigenvalue weighted by Crippen LogP contribution is -2.13. The largest absolute Gasteiger partial charge is 0.477 e. The van der Waals surface area contributed by atoms with Crippen LogP contribution in [0.5, 0.6) is 0 Å². The standard InChI is InChI=1S/C13H8BrClN2O3/c14-8-2-4-10(9(15)5-8)17-12(18)7-1-3-11(13(19)20)16-6-7/h1-6H,(H,17,18)(H,19,20).